The van der Waals surface area contributed by atoms with E-state index < -0.39 is 0 Å². The van der Waals surface area contributed by atoms with Crippen molar-refractivity contribution in [2.45, 2.75) is 70.0 Å². The molecule has 2 unspecified atom stereocenters. The first-order valence-corrected chi connectivity index (χ1v) is 8.84. The first kappa shape index (κ1) is 14.7. The summed E-state index contributed by atoms with van der Waals surface area (Å²) in [4.78, 5) is 27.0. The van der Waals surface area contributed by atoms with Gasteiger partial charge in [-0.25, -0.2) is 0 Å². The first-order valence-electron chi connectivity index (χ1n) is 8.84. The third-order valence-corrected chi connectivity index (χ3v) is 5.32. The van der Waals surface area contributed by atoms with Crippen molar-refractivity contribution in [3.8, 4) is 0 Å². The van der Waals surface area contributed by atoms with Gasteiger partial charge in [0.1, 0.15) is 0 Å². The lowest BCUT2D eigenvalue weighted by Gasteiger charge is -2.27. The summed E-state index contributed by atoms with van der Waals surface area (Å²) in [6.45, 7) is 3.58. The molecule has 3 aliphatic rings. The monoisotopic (exact) mass is 316 g/mol. The summed E-state index contributed by atoms with van der Waals surface area (Å²) < 4.78 is 2.02. The van der Waals surface area contributed by atoms with E-state index in [0.717, 1.165) is 49.9 Å². The molecule has 0 spiro atoms. The van der Waals surface area contributed by atoms with Crippen molar-refractivity contribution in [1.82, 2.24) is 20.0 Å². The number of nitrogens with one attached hydrogen (secondary N) is 1. The summed E-state index contributed by atoms with van der Waals surface area (Å²) in [6, 6.07) is 0.192. The Labute approximate surface area is 136 Å². The van der Waals surface area contributed by atoms with Gasteiger partial charge in [-0.1, -0.05) is 6.92 Å². The molecule has 4 rings (SSSR count). The van der Waals surface area contributed by atoms with Gasteiger partial charge in [-0.05, 0) is 32.1 Å². The van der Waals surface area contributed by atoms with Crippen LogP contribution in [0.2, 0.25) is 0 Å². The molecule has 1 aromatic rings. The molecule has 1 aromatic heterocycles. The fourth-order valence-corrected chi connectivity index (χ4v) is 4.09. The Morgan fingerprint density at radius 1 is 1.30 bits per heavy atom. The first-order chi connectivity index (χ1) is 11.2. The number of carbonyl (C=O) groups excluding carboxylic acids is 2. The lowest BCUT2D eigenvalue weighted by molar-refractivity contribution is -0.121. The van der Waals surface area contributed by atoms with Crippen molar-refractivity contribution >= 4 is 11.8 Å². The van der Waals surface area contributed by atoms with E-state index in [4.69, 9.17) is 0 Å². The van der Waals surface area contributed by atoms with Gasteiger partial charge in [-0.2, -0.15) is 5.10 Å². The molecule has 23 heavy (non-hydrogen) atoms. The highest BCUT2D eigenvalue weighted by atomic mass is 16.2. The van der Waals surface area contributed by atoms with E-state index in [1.165, 1.54) is 0 Å². The minimum Gasteiger partial charge on any atom is -0.354 e. The standard InChI is InChI=1S/C17H24N4O2/c1-2-7-20-16(11-3-4-11)14(10-19-20)17(23)21-12-5-6-13(21)9-18-15(22)8-12/h10-13H,2-9H2,1H3,(H,18,22). The van der Waals surface area contributed by atoms with E-state index in [1.54, 1.807) is 6.20 Å². The summed E-state index contributed by atoms with van der Waals surface area (Å²) in [5.74, 6) is 0.643. The van der Waals surface area contributed by atoms with Crippen LogP contribution in [-0.2, 0) is 11.3 Å². The summed E-state index contributed by atoms with van der Waals surface area (Å²) in [6.07, 6.45) is 7.44. The van der Waals surface area contributed by atoms with Crippen molar-refractivity contribution in [2.75, 3.05) is 6.54 Å². The lowest BCUT2D eigenvalue weighted by atomic mass is 10.1. The quantitative estimate of drug-likeness (QED) is 0.918. The molecule has 1 N–H and O–H groups in total. The van der Waals surface area contributed by atoms with Crippen LogP contribution in [0.3, 0.4) is 0 Å². The van der Waals surface area contributed by atoms with Crippen LogP contribution >= 0.6 is 0 Å². The van der Waals surface area contributed by atoms with Gasteiger partial charge in [0.05, 0.1) is 17.5 Å². The van der Waals surface area contributed by atoms with E-state index in [2.05, 4.69) is 17.3 Å². The Hall–Kier alpha value is -1.85. The van der Waals surface area contributed by atoms with E-state index in [1.807, 2.05) is 9.58 Å². The average molecular weight is 316 g/mol. The molecular weight excluding hydrogens is 292 g/mol. The minimum absolute atomic E-state index is 0.0524. The number of hydrogen-bond acceptors (Lipinski definition) is 3. The van der Waals surface area contributed by atoms with Crippen LogP contribution in [0.5, 0.6) is 0 Å². The highest BCUT2D eigenvalue weighted by Crippen LogP contribution is 2.42. The Balaban J connectivity index is 1.65. The van der Waals surface area contributed by atoms with Gasteiger partial charge in [-0.15, -0.1) is 0 Å². The summed E-state index contributed by atoms with van der Waals surface area (Å²) in [5.41, 5.74) is 1.90. The van der Waals surface area contributed by atoms with Gasteiger partial charge >= 0.3 is 0 Å². The largest absolute Gasteiger partial charge is 0.354 e. The fraction of sp³-hybridized carbons (Fsp3) is 0.706. The predicted octanol–water partition coefficient (Wildman–Crippen LogP) is 1.66. The van der Waals surface area contributed by atoms with E-state index in [-0.39, 0.29) is 23.9 Å². The highest BCUT2D eigenvalue weighted by molar-refractivity contribution is 5.96. The molecule has 1 aliphatic carbocycles. The SMILES string of the molecule is CCCn1ncc(C(=O)N2C3CCC2CC(=O)NC3)c1C1CC1. The second-order valence-corrected chi connectivity index (χ2v) is 7.05. The third-order valence-electron chi connectivity index (χ3n) is 5.32. The molecule has 0 aromatic carbocycles. The van der Waals surface area contributed by atoms with Gasteiger partial charge < -0.3 is 10.2 Å². The Morgan fingerprint density at radius 3 is 2.83 bits per heavy atom. The lowest BCUT2D eigenvalue weighted by Crippen LogP contribution is -2.42. The zero-order chi connectivity index (χ0) is 16.0. The van der Waals surface area contributed by atoms with Crippen molar-refractivity contribution in [3.05, 3.63) is 17.5 Å². The average Bonchev–Trinajstić information content (AvgIpc) is 3.19. The molecule has 2 amide bonds. The Bertz CT molecular complexity index is 635. The van der Waals surface area contributed by atoms with Crippen molar-refractivity contribution in [1.29, 1.82) is 0 Å². The third kappa shape index (κ3) is 2.54. The Morgan fingerprint density at radius 2 is 2.09 bits per heavy atom. The van der Waals surface area contributed by atoms with E-state index in [9.17, 15) is 9.59 Å². The number of rotatable bonds is 4. The molecule has 3 heterocycles. The van der Waals surface area contributed by atoms with E-state index in [0.29, 0.717) is 18.9 Å². The molecular formula is C17H24N4O2. The fourth-order valence-electron chi connectivity index (χ4n) is 4.09. The van der Waals surface area contributed by atoms with Crippen LogP contribution in [0, 0.1) is 0 Å². The molecule has 124 valence electrons. The van der Waals surface area contributed by atoms with Crippen LogP contribution in [0.15, 0.2) is 6.20 Å². The minimum atomic E-state index is 0.0524. The maximum atomic E-state index is 13.2. The number of aryl methyl sites for hydroxylation is 1. The smallest absolute Gasteiger partial charge is 0.257 e. The van der Waals surface area contributed by atoms with Gasteiger partial charge in [0.2, 0.25) is 5.91 Å². The second kappa shape index (κ2) is 5.65. The number of amides is 2. The summed E-state index contributed by atoms with van der Waals surface area (Å²) >= 11 is 0. The van der Waals surface area contributed by atoms with Crippen LogP contribution in [0.25, 0.3) is 0 Å². The molecule has 6 heteroatoms. The van der Waals surface area contributed by atoms with Crippen molar-refractivity contribution in [2.24, 2.45) is 0 Å². The molecule has 2 saturated heterocycles. The van der Waals surface area contributed by atoms with Crippen molar-refractivity contribution in [3.63, 3.8) is 0 Å². The van der Waals surface area contributed by atoms with Crippen LogP contribution in [0.4, 0.5) is 0 Å². The number of aromatic nitrogens is 2. The number of hydrogen-bond donors (Lipinski definition) is 1. The number of nitrogens with zero attached hydrogens (tertiary/aromatic N) is 3. The number of carbonyl (C=O) groups is 2. The van der Waals surface area contributed by atoms with Gasteiger partial charge in [0, 0.05) is 37.5 Å². The van der Waals surface area contributed by atoms with Gasteiger partial charge in [-0.3, -0.25) is 14.3 Å². The summed E-state index contributed by atoms with van der Waals surface area (Å²) in [7, 11) is 0. The summed E-state index contributed by atoms with van der Waals surface area (Å²) in [5, 5.41) is 7.41. The van der Waals surface area contributed by atoms with Gasteiger partial charge in [0.25, 0.3) is 5.91 Å². The molecule has 2 bridgehead atoms. The highest BCUT2D eigenvalue weighted by Gasteiger charge is 2.42. The predicted molar refractivity (Wildman–Crippen MR) is 85.1 cm³/mol. The van der Waals surface area contributed by atoms with Gasteiger partial charge in [0.15, 0.2) is 0 Å². The maximum Gasteiger partial charge on any atom is 0.257 e. The topological polar surface area (TPSA) is 67.2 Å². The maximum absolute atomic E-state index is 13.2. The molecule has 1 saturated carbocycles. The molecule has 6 nitrogen and oxygen atoms in total. The van der Waals surface area contributed by atoms with E-state index >= 15 is 0 Å². The zero-order valence-corrected chi connectivity index (χ0v) is 13.6. The molecule has 2 aliphatic heterocycles. The molecule has 3 fully saturated rings. The van der Waals surface area contributed by atoms with Crippen LogP contribution < -0.4 is 5.32 Å². The molecule has 2 atom stereocenters. The second-order valence-electron chi connectivity index (χ2n) is 7.05. The zero-order valence-electron chi connectivity index (χ0n) is 13.6. The van der Waals surface area contributed by atoms with Crippen molar-refractivity contribution < 1.29 is 9.59 Å². The Kier molecular flexibility index (Phi) is 3.62. The van der Waals surface area contributed by atoms with Crippen LogP contribution in [0.1, 0.15) is 67.4 Å². The normalized spacial score (nSPS) is 27.0. The molecule has 0 radical (unpaired) electrons. The van der Waals surface area contributed by atoms with Crippen LogP contribution in [-0.4, -0.2) is 45.1 Å². The number of fused-ring (bicyclic) bond motifs is 2.